The van der Waals surface area contributed by atoms with Crippen molar-refractivity contribution < 1.29 is 34.8 Å². The SMILES string of the molecule is CN(C)c1cc(CN2CCC3(CCCC3)CC2)c(O)c2c1C[C@H]1C[C@H]3[C@H](N(C)C)C(=O)C(C(N)=O)=C(O)[C@@]3(O)C(=O)C1=C2O. The zero-order valence-corrected chi connectivity index (χ0v) is 26.0. The van der Waals surface area contributed by atoms with Crippen LogP contribution >= 0.6 is 0 Å². The van der Waals surface area contributed by atoms with Gasteiger partial charge in [0.25, 0.3) is 5.91 Å². The molecule has 1 saturated heterocycles. The summed E-state index contributed by atoms with van der Waals surface area (Å²) in [4.78, 5) is 45.5. The number of ketones is 2. The first-order valence-electron chi connectivity index (χ1n) is 15.6. The number of benzene rings is 1. The Morgan fingerprint density at radius 1 is 1.05 bits per heavy atom. The lowest BCUT2D eigenvalue weighted by Gasteiger charge is -2.50. The first-order valence-corrected chi connectivity index (χ1v) is 15.6. The lowest BCUT2D eigenvalue weighted by molar-refractivity contribution is -0.153. The van der Waals surface area contributed by atoms with Gasteiger partial charge in [-0.05, 0) is 88.7 Å². The number of aromatic hydroxyl groups is 1. The predicted octanol–water partition coefficient (Wildman–Crippen LogP) is 2.19. The predicted molar refractivity (Wildman–Crippen MR) is 164 cm³/mol. The van der Waals surface area contributed by atoms with Gasteiger partial charge in [-0.1, -0.05) is 12.8 Å². The highest BCUT2D eigenvalue weighted by Crippen LogP contribution is 2.54. The summed E-state index contributed by atoms with van der Waals surface area (Å²) < 4.78 is 0. The molecular weight excluding hydrogens is 564 g/mol. The second-order valence-electron chi connectivity index (χ2n) is 14.1. The lowest BCUT2D eigenvalue weighted by Crippen LogP contribution is -2.65. The molecular formula is C33H44N4O7. The third-order valence-corrected chi connectivity index (χ3v) is 11.2. The molecule has 5 aliphatic rings. The van der Waals surface area contributed by atoms with E-state index in [1.165, 1.54) is 30.6 Å². The molecule has 0 aromatic heterocycles. The van der Waals surface area contributed by atoms with Gasteiger partial charge >= 0.3 is 0 Å². The number of fused-ring (bicyclic) bond motifs is 3. The van der Waals surface area contributed by atoms with Gasteiger partial charge in [0.05, 0.1) is 11.6 Å². The number of carbonyl (C=O) groups excluding carboxylic acids is 3. The van der Waals surface area contributed by atoms with Gasteiger partial charge in [0.2, 0.25) is 5.78 Å². The topological polar surface area (TPSA) is 168 Å². The molecule has 0 bridgehead atoms. The highest BCUT2D eigenvalue weighted by atomic mass is 16.3. The van der Waals surface area contributed by atoms with Crippen molar-refractivity contribution in [3.63, 3.8) is 0 Å². The number of piperidine rings is 1. The number of carbonyl (C=O) groups is 3. The van der Waals surface area contributed by atoms with E-state index in [1.54, 1.807) is 14.1 Å². The summed E-state index contributed by atoms with van der Waals surface area (Å²) in [5.74, 6) is -6.35. The number of nitrogens with zero attached hydrogens (tertiary/aromatic N) is 3. The summed E-state index contributed by atoms with van der Waals surface area (Å²) >= 11 is 0. The van der Waals surface area contributed by atoms with Crippen LogP contribution in [0.3, 0.4) is 0 Å². The van der Waals surface area contributed by atoms with Crippen molar-refractivity contribution in [2.75, 3.05) is 46.2 Å². The molecule has 1 aliphatic heterocycles. The number of likely N-dealkylation sites (tertiary alicyclic amines) is 1. The van der Waals surface area contributed by atoms with Crippen LogP contribution in [-0.4, -0.2) is 101 Å². The minimum atomic E-state index is -2.65. The Morgan fingerprint density at radius 2 is 1.68 bits per heavy atom. The van der Waals surface area contributed by atoms with E-state index < -0.39 is 58.0 Å². The first kappa shape index (κ1) is 30.6. The Kier molecular flexibility index (Phi) is 7.37. The van der Waals surface area contributed by atoms with Gasteiger partial charge in [-0.25, -0.2) is 0 Å². The molecule has 1 aromatic rings. The van der Waals surface area contributed by atoms with Crippen LogP contribution in [0.25, 0.3) is 5.76 Å². The summed E-state index contributed by atoms with van der Waals surface area (Å²) in [5.41, 5.74) is 4.54. The van der Waals surface area contributed by atoms with Gasteiger partial charge in [-0.2, -0.15) is 0 Å². The number of hydrogen-bond donors (Lipinski definition) is 5. The number of amides is 1. The van der Waals surface area contributed by atoms with E-state index >= 15 is 0 Å². The monoisotopic (exact) mass is 608 g/mol. The van der Waals surface area contributed by atoms with Gasteiger partial charge in [0.1, 0.15) is 22.8 Å². The van der Waals surface area contributed by atoms with Crippen LogP contribution in [0.2, 0.25) is 0 Å². The average molecular weight is 609 g/mol. The molecule has 1 spiro atoms. The average Bonchev–Trinajstić information content (AvgIpc) is 3.40. The molecule has 6 rings (SSSR count). The van der Waals surface area contributed by atoms with Crippen LogP contribution in [-0.2, 0) is 27.3 Å². The maximum absolute atomic E-state index is 14.2. The van der Waals surface area contributed by atoms with Gasteiger partial charge in [0, 0.05) is 43.4 Å². The van der Waals surface area contributed by atoms with Crippen LogP contribution in [0.5, 0.6) is 5.75 Å². The maximum Gasteiger partial charge on any atom is 0.255 e. The van der Waals surface area contributed by atoms with E-state index in [0.717, 1.165) is 31.6 Å². The zero-order chi connectivity index (χ0) is 31.9. The van der Waals surface area contributed by atoms with Crippen LogP contribution in [0, 0.1) is 17.3 Å². The number of hydrogen-bond acceptors (Lipinski definition) is 10. The Morgan fingerprint density at radius 3 is 2.25 bits per heavy atom. The van der Waals surface area contributed by atoms with Crippen molar-refractivity contribution in [3.8, 4) is 5.75 Å². The highest BCUT2D eigenvalue weighted by molar-refractivity contribution is 6.24. The summed E-state index contributed by atoms with van der Waals surface area (Å²) in [6.45, 7) is 2.34. The molecule has 3 fully saturated rings. The number of anilines is 1. The van der Waals surface area contributed by atoms with Gasteiger partial charge in [-0.3, -0.25) is 24.2 Å². The number of nitrogens with two attached hydrogens (primary N) is 1. The third-order valence-electron chi connectivity index (χ3n) is 11.2. The van der Waals surface area contributed by atoms with E-state index in [4.69, 9.17) is 5.73 Å². The Labute approximate surface area is 257 Å². The molecule has 1 amide bonds. The molecule has 2 saturated carbocycles. The number of Topliss-reactive ketones (excluding diaryl/α,β-unsaturated/α-hetero) is 2. The summed E-state index contributed by atoms with van der Waals surface area (Å²) in [7, 11) is 6.96. The summed E-state index contributed by atoms with van der Waals surface area (Å²) in [6.07, 6.45) is 7.76. The Bertz CT molecular complexity index is 1500. The molecule has 1 aromatic carbocycles. The standard InChI is InChI=1S/C33H44N4O7/c1-35(2)21-15-18(16-37-11-9-32(10-12-37)7-5-6-8-32)26(38)23-19(21)13-17-14-20-25(36(3)4)28(40)24(31(34)43)30(42)33(20,44)29(41)22(17)27(23)39/h15,17,20,25,38-39,42,44H,5-14,16H2,1-4H3,(H2,34,43)/t17-,20-,25-,33-/m0/s1. The number of rotatable bonds is 5. The number of phenols is 1. The second kappa shape index (κ2) is 10.6. The van der Waals surface area contributed by atoms with Crippen LogP contribution in [0.1, 0.15) is 61.6 Å². The molecule has 238 valence electrons. The molecule has 1 heterocycles. The largest absolute Gasteiger partial charge is 0.508 e. The fourth-order valence-electron chi connectivity index (χ4n) is 8.92. The minimum absolute atomic E-state index is 0.0661. The molecule has 44 heavy (non-hydrogen) atoms. The second-order valence-corrected chi connectivity index (χ2v) is 14.1. The van der Waals surface area contributed by atoms with E-state index in [9.17, 15) is 34.8 Å². The number of likely N-dealkylation sites (N-methyl/N-ethyl adjacent to an activating group) is 1. The lowest BCUT2D eigenvalue weighted by atomic mass is 9.57. The summed E-state index contributed by atoms with van der Waals surface area (Å²) in [6, 6.07) is 0.845. The molecule has 0 unspecified atom stereocenters. The van der Waals surface area contributed by atoms with E-state index in [1.807, 2.05) is 25.1 Å². The van der Waals surface area contributed by atoms with Crippen LogP contribution < -0.4 is 10.6 Å². The minimum Gasteiger partial charge on any atom is -0.508 e. The molecule has 11 heteroatoms. The van der Waals surface area contributed by atoms with Crippen LogP contribution in [0.15, 0.2) is 23.0 Å². The number of primary amides is 1. The van der Waals surface area contributed by atoms with E-state index in [-0.39, 0.29) is 29.7 Å². The van der Waals surface area contributed by atoms with Crippen molar-refractivity contribution in [3.05, 3.63) is 39.7 Å². The number of aliphatic hydroxyl groups excluding tert-OH is 2. The molecule has 6 N–H and O–H groups in total. The molecule has 11 nitrogen and oxygen atoms in total. The Hall–Kier alpha value is -3.41. The van der Waals surface area contributed by atoms with Crippen LogP contribution in [0.4, 0.5) is 5.69 Å². The molecule has 0 radical (unpaired) electrons. The van der Waals surface area contributed by atoms with Crippen molar-refractivity contribution in [1.29, 1.82) is 0 Å². The fraction of sp³-hybridized carbons (Fsp3) is 0.606. The van der Waals surface area contributed by atoms with Crippen molar-refractivity contribution in [1.82, 2.24) is 9.80 Å². The van der Waals surface area contributed by atoms with Crippen molar-refractivity contribution >= 4 is 28.9 Å². The maximum atomic E-state index is 14.2. The zero-order valence-electron chi connectivity index (χ0n) is 26.0. The van der Waals surface area contributed by atoms with E-state index in [2.05, 4.69) is 4.90 Å². The van der Waals surface area contributed by atoms with Crippen molar-refractivity contribution in [2.24, 2.45) is 23.0 Å². The third kappa shape index (κ3) is 4.38. The first-order chi connectivity index (χ1) is 20.7. The number of phenolic OH excluding ortho intramolecular Hbond substituents is 1. The van der Waals surface area contributed by atoms with E-state index in [0.29, 0.717) is 23.1 Å². The van der Waals surface area contributed by atoms with Gasteiger partial charge in [-0.15, -0.1) is 0 Å². The quantitative estimate of drug-likeness (QED) is 0.313. The molecule has 4 aliphatic carbocycles. The Balaban J connectivity index is 1.43. The van der Waals surface area contributed by atoms with Gasteiger partial charge < -0.3 is 31.1 Å². The number of aliphatic hydroxyl groups is 3. The smallest absolute Gasteiger partial charge is 0.255 e. The normalized spacial score (nSPS) is 30.1. The molecule has 4 atom stereocenters. The van der Waals surface area contributed by atoms with Crippen molar-refractivity contribution in [2.45, 2.75) is 69.6 Å². The summed E-state index contributed by atoms with van der Waals surface area (Å²) in [5, 5.41) is 46.4. The fourth-order valence-corrected chi connectivity index (χ4v) is 8.92. The highest BCUT2D eigenvalue weighted by Gasteiger charge is 2.64. The van der Waals surface area contributed by atoms with Gasteiger partial charge in [0.15, 0.2) is 11.4 Å².